The number of hydrogen-bond donors (Lipinski definition) is 1. The molecule has 0 radical (unpaired) electrons. The van der Waals surface area contributed by atoms with Gasteiger partial charge in [-0.1, -0.05) is 37.3 Å². The lowest BCUT2D eigenvalue weighted by Gasteiger charge is -2.38. The maximum Gasteiger partial charge on any atom is 0.211 e. The summed E-state index contributed by atoms with van der Waals surface area (Å²) >= 11 is 0. The molecule has 0 amide bonds. The second-order valence-electron chi connectivity index (χ2n) is 7.12. The quantitative estimate of drug-likeness (QED) is 0.841. The van der Waals surface area contributed by atoms with Crippen LogP contribution in [0.4, 0.5) is 0 Å². The fourth-order valence-corrected chi connectivity index (χ4v) is 4.51. The van der Waals surface area contributed by atoms with Gasteiger partial charge in [0.25, 0.3) is 0 Å². The summed E-state index contributed by atoms with van der Waals surface area (Å²) in [4.78, 5) is 2.50. The lowest BCUT2D eigenvalue weighted by Crippen LogP contribution is -2.54. The lowest BCUT2D eigenvalue weighted by atomic mass is 10.0. The van der Waals surface area contributed by atoms with Crippen LogP contribution in [0.2, 0.25) is 0 Å². The van der Waals surface area contributed by atoms with Gasteiger partial charge in [0, 0.05) is 45.3 Å². The predicted octanol–water partition coefficient (Wildman–Crippen LogP) is 0.988. The van der Waals surface area contributed by atoms with Crippen molar-refractivity contribution in [3.05, 3.63) is 35.9 Å². The molecule has 5 nitrogen and oxygen atoms in total. The molecule has 1 aromatic rings. The number of hydrogen-bond acceptors (Lipinski definition) is 4. The predicted molar refractivity (Wildman–Crippen MR) is 92.6 cm³/mol. The lowest BCUT2D eigenvalue weighted by molar-refractivity contribution is 0.190. The van der Waals surface area contributed by atoms with Crippen LogP contribution in [-0.4, -0.2) is 62.6 Å². The first-order chi connectivity index (χ1) is 10.9. The Kier molecular flexibility index (Phi) is 5.06. The maximum atomic E-state index is 11.4. The topological polar surface area (TPSA) is 52.6 Å². The molecule has 128 valence electrons. The van der Waals surface area contributed by atoms with Crippen molar-refractivity contribution in [3.63, 3.8) is 0 Å². The molecule has 0 bridgehead atoms. The van der Waals surface area contributed by atoms with Crippen LogP contribution in [0.3, 0.4) is 0 Å². The maximum absolute atomic E-state index is 11.4. The van der Waals surface area contributed by atoms with Gasteiger partial charge >= 0.3 is 0 Å². The van der Waals surface area contributed by atoms with Crippen LogP contribution in [0.5, 0.6) is 0 Å². The molecule has 2 aliphatic rings. The molecule has 0 aliphatic carbocycles. The highest BCUT2D eigenvalue weighted by atomic mass is 32.2. The third kappa shape index (κ3) is 4.32. The Labute approximate surface area is 139 Å². The zero-order valence-electron chi connectivity index (χ0n) is 14.0. The van der Waals surface area contributed by atoms with Crippen molar-refractivity contribution in [2.24, 2.45) is 11.8 Å². The minimum Gasteiger partial charge on any atom is -0.312 e. The van der Waals surface area contributed by atoms with E-state index in [9.17, 15) is 8.42 Å². The molecule has 23 heavy (non-hydrogen) atoms. The van der Waals surface area contributed by atoms with E-state index in [1.807, 2.05) is 0 Å². The van der Waals surface area contributed by atoms with E-state index in [4.69, 9.17) is 0 Å². The Hall–Kier alpha value is -0.950. The second kappa shape index (κ2) is 6.89. The molecule has 3 rings (SSSR count). The molecule has 0 saturated carbocycles. The number of benzene rings is 1. The molecular formula is C17H27N3O2S. The number of nitrogens with zero attached hydrogens (tertiary/aromatic N) is 2. The van der Waals surface area contributed by atoms with Gasteiger partial charge in [-0.15, -0.1) is 0 Å². The number of sulfonamides is 1. The Morgan fingerprint density at radius 3 is 2.48 bits per heavy atom. The Morgan fingerprint density at radius 2 is 1.83 bits per heavy atom. The normalized spacial score (nSPS) is 27.2. The van der Waals surface area contributed by atoms with E-state index in [0.717, 1.165) is 26.2 Å². The monoisotopic (exact) mass is 337 g/mol. The van der Waals surface area contributed by atoms with Crippen LogP contribution >= 0.6 is 0 Å². The molecule has 0 aromatic heterocycles. The standard InChI is InChI=1S/C17H27N3O2S/c1-14-9-19(10-15-6-4-3-5-7-15)13-17(14)18-8-16-11-20(12-16)23(2,21)22/h3-7,14,16-18H,8-13H2,1-2H3. The number of rotatable bonds is 6. The van der Waals surface area contributed by atoms with E-state index in [-0.39, 0.29) is 0 Å². The SMILES string of the molecule is CC1CN(Cc2ccccc2)CC1NCC1CN(S(C)(=O)=O)C1. The zero-order valence-corrected chi connectivity index (χ0v) is 14.8. The van der Waals surface area contributed by atoms with Gasteiger partial charge in [-0.3, -0.25) is 4.90 Å². The smallest absolute Gasteiger partial charge is 0.211 e. The van der Waals surface area contributed by atoms with Crippen molar-refractivity contribution >= 4 is 10.0 Å². The molecule has 2 unspecified atom stereocenters. The summed E-state index contributed by atoms with van der Waals surface area (Å²) in [6.07, 6.45) is 1.29. The van der Waals surface area contributed by atoms with Gasteiger partial charge in [0.05, 0.1) is 6.26 Å². The van der Waals surface area contributed by atoms with Crippen molar-refractivity contribution in [1.82, 2.24) is 14.5 Å². The summed E-state index contributed by atoms with van der Waals surface area (Å²) in [6, 6.07) is 11.1. The molecular weight excluding hydrogens is 310 g/mol. The van der Waals surface area contributed by atoms with Crippen LogP contribution in [0, 0.1) is 11.8 Å². The van der Waals surface area contributed by atoms with E-state index in [1.165, 1.54) is 11.8 Å². The van der Waals surface area contributed by atoms with Crippen LogP contribution in [0.15, 0.2) is 30.3 Å². The van der Waals surface area contributed by atoms with Gasteiger partial charge in [-0.25, -0.2) is 12.7 Å². The molecule has 2 heterocycles. The van der Waals surface area contributed by atoms with Crippen LogP contribution in [0.1, 0.15) is 12.5 Å². The summed E-state index contributed by atoms with van der Waals surface area (Å²) < 4.78 is 24.3. The first-order valence-electron chi connectivity index (χ1n) is 8.36. The van der Waals surface area contributed by atoms with Crippen LogP contribution in [-0.2, 0) is 16.6 Å². The first kappa shape index (κ1) is 16.9. The van der Waals surface area contributed by atoms with Crippen molar-refractivity contribution < 1.29 is 8.42 Å². The fraction of sp³-hybridized carbons (Fsp3) is 0.647. The van der Waals surface area contributed by atoms with Gasteiger partial charge in [-0.05, 0) is 17.4 Å². The zero-order chi connectivity index (χ0) is 16.4. The molecule has 1 N–H and O–H groups in total. The van der Waals surface area contributed by atoms with Crippen molar-refractivity contribution in [3.8, 4) is 0 Å². The molecule has 1 aromatic carbocycles. The summed E-state index contributed by atoms with van der Waals surface area (Å²) in [5.74, 6) is 1.09. The van der Waals surface area contributed by atoms with E-state index in [0.29, 0.717) is 31.0 Å². The van der Waals surface area contributed by atoms with Crippen LogP contribution < -0.4 is 5.32 Å². The first-order valence-corrected chi connectivity index (χ1v) is 10.2. The van der Waals surface area contributed by atoms with E-state index < -0.39 is 10.0 Å². The fourth-order valence-electron chi connectivity index (χ4n) is 3.54. The van der Waals surface area contributed by atoms with Gasteiger partial charge in [-0.2, -0.15) is 0 Å². The van der Waals surface area contributed by atoms with Crippen molar-refractivity contribution in [2.45, 2.75) is 19.5 Å². The minimum atomic E-state index is -2.99. The molecule has 2 atom stereocenters. The molecule has 2 aliphatic heterocycles. The molecule has 0 spiro atoms. The highest BCUT2D eigenvalue weighted by molar-refractivity contribution is 7.88. The second-order valence-corrected chi connectivity index (χ2v) is 9.10. The molecule has 6 heteroatoms. The van der Waals surface area contributed by atoms with E-state index in [2.05, 4.69) is 47.5 Å². The summed E-state index contributed by atoms with van der Waals surface area (Å²) in [7, 11) is -2.99. The van der Waals surface area contributed by atoms with Gasteiger partial charge in [0.1, 0.15) is 0 Å². The largest absolute Gasteiger partial charge is 0.312 e. The summed E-state index contributed by atoms with van der Waals surface area (Å²) in [6.45, 7) is 7.74. The van der Waals surface area contributed by atoms with E-state index >= 15 is 0 Å². The summed E-state index contributed by atoms with van der Waals surface area (Å²) in [5.41, 5.74) is 1.36. The minimum absolute atomic E-state index is 0.458. The number of likely N-dealkylation sites (tertiary alicyclic amines) is 1. The average Bonchev–Trinajstić information content (AvgIpc) is 2.77. The summed E-state index contributed by atoms with van der Waals surface area (Å²) in [5, 5.41) is 3.66. The third-order valence-electron chi connectivity index (χ3n) is 5.00. The molecule has 2 fully saturated rings. The Morgan fingerprint density at radius 1 is 1.13 bits per heavy atom. The van der Waals surface area contributed by atoms with E-state index in [1.54, 1.807) is 4.31 Å². The molecule has 2 saturated heterocycles. The van der Waals surface area contributed by atoms with Gasteiger partial charge in [0.15, 0.2) is 0 Å². The highest BCUT2D eigenvalue weighted by Crippen LogP contribution is 2.21. The Balaban J connectivity index is 1.42. The van der Waals surface area contributed by atoms with Crippen LogP contribution in [0.25, 0.3) is 0 Å². The van der Waals surface area contributed by atoms with Gasteiger partial charge in [0.2, 0.25) is 10.0 Å². The average molecular weight is 337 g/mol. The van der Waals surface area contributed by atoms with Gasteiger partial charge < -0.3 is 5.32 Å². The van der Waals surface area contributed by atoms with Crippen molar-refractivity contribution in [1.29, 1.82) is 0 Å². The highest BCUT2D eigenvalue weighted by Gasteiger charge is 2.35. The Bertz CT molecular complexity index is 614. The number of nitrogens with one attached hydrogen (secondary N) is 1. The van der Waals surface area contributed by atoms with Crippen molar-refractivity contribution in [2.75, 3.05) is 39.0 Å². The third-order valence-corrected chi connectivity index (χ3v) is 6.23.